The highest BCUT2D eigenvalue weighted by molar-refractivity contribution is 7.85. The van der Waals surface area contributed by atoms with Gasteiger partial charge in [-0.15, -0.1) is 0 Å². The third-order valence-electron chi connectivity index (χ3n) is 11.0. The predicted octanol–water partition coefficient (Wildman–Crippen LogP) is 9.63. The first-order valence-corrected chi connectivity index (χ1v) is 18.9. The van der Waals surface area contributed by atoms with Crippen LogP contribution in [-0.4, -0.2) is 42.1 Å². The van der Waals surface area contributed by atoms with Crippen molar-refractivity contribution in [2.45, 2.75) is 64.7 Å². The Morgan fingerprint density at radius 3 is 2.16 bits per heavy atom. The summed E-state index contributed by atoms with van der Waals surface area (Å²) < 4.78 is 35.6. The highest BCUT2D eigenvalue weighted by Crippen LogP contribution is 2.51. The van der Waals surface area contributed by atoms with Gasteiger partial charge in [0.05, 0.1) is 5.41 Å². The van der Waals surface area contributed by atoms with Gasteiger partial charge in [0, 0.05) is 41.1 Å². The molecule has 3 aliphatic rings. The summed E-state index contributed by atoms with van der Waals surface area (Å²) in [5.41, 5.74) is 10.2. The fraction of sp³-hybridized carbons (Fsp3) is 0.302. The van der Waals surface area contributed by atoms with Crippen LogP contribution in [-0.2, 0) is 20.9 Å². The van der Waals surface area contributed by atoms with Crippen LogP contribution in [0.15, 0.2) is 120 Å². The number of rotatable bonds is 7. The standard InChI is InChI=1S/C43H44N2O3S/c1-7-44-36-23-19-32-13-8-10-17-34(32)40(36)42(3,4)38(44)25-21-30-15-12-16-31(29(30)2)22-26-39-43(5,6)41-35-18-11-9-14-33(35)20-24-37(41)45(39)27-28-49(46,47)48/h1,8-11,13-14,17-26H,7,12,15-16,27-28H2,2-6H3/p+1. The minimum atomic E-state index is -4.14. The van der Waals surface area contributed by atoms with Gasteiger partial charge >= 0.3 is 0 Å². The predicted molar refractivity (Wildman–Crippen MR) is 204 cm³/mol. The van der Waals surface area contributed by atoms with E-state index in [1.807, 2.05) is 6.07 Å². The second-order valence-electron chi connectivity index (χ2n) is 14.6. The second-order valence-corrected chi connectivity index (χ2v) is 16.2. The van der Waals surface area contributed by atoms with Gasteiger partial charge in [-0.25, -0.2) is 0 Å². The zero-order valence-corrected chi connectivity index (χ0v) is 29.9. The molecule has 1 aliphatic carbocycles. The highest BCUT2D eigenvalue weighted by Gasteiger charge is 2.46. The Kier molecular flexibility index (Phi) is 8.32. The first-order chi connectivity index (χ1) is 23.3. The van der Waals surface area contributed by atoms with Gasteiger partial charge in [0.15, 0.2) is 12.3 Å². The highest BCUT2D eigenvalue weighted by atomic mass is 32.2. The van der Waals surface area contributed by atoms with Gasteiger partial charge in [0.25, 0.3) is 10.1 Å². The maximum absolute atomic E-state index is 11.9. The summed E-state index contributed by atoms with van der Waals surface area (Å²) in [4.78, 5) is 2.25. The fourth-order valence-electron chi connectivity index (χ4n) is 8.54. The Labute approximate surface area is 291 Å². The molecule has 0 unspecified atom stereocenters. The third-order valence-corrected chi connectivity index (χ3v) is 11.7. The Morgan fingerprint density at radius 1 is 0.837 bits per heavy atom. The molecule has 4 aromatic carbocycles. The third kappa shape index (κ3) is 5.69. The zero-order chi connectivity index (χ0) is 34.7. The molecule has 6 heteroatoms. The lowest BCUT2D eigenvalue weighted by atomic mass is 9.78. The molecular weight excluding hydrogens is 625 g/mol. The van der Waals surface area contributed by atoms with E-state index >= 15 is 0 Å². The van der Waals surface area contributed by atoms with Gasteiger partial charge in [-0.2, -0.15) is 13.0 Å². The zero-order valence-electron chi connectivity index (χ0n) is 29.1. The van der Waals surface area contributed by atoms with Gasteiger partial charge in [-0.1, -0.05) is 80.6 Å². The second kappa shape index (κ2) is 12.3. The molecule has 0 atom stereocenters. The van der Waals surface area contributed by atoms with Crippen LogP contribution < -0.4 is 4.90 Å². The molecule has 0 aromatic heterocycles. The van der Waals surface area contributed by atoms with E-state index in [0.29, 0.717) is 6.54 Å². The molecule has 0 spiro atoms. The van der Waals surface area contributed by atoms with Crippen LogP contribution in [0, 0.1) is 6.92 Å². The summed E-state index contributed by atoms with van der Waals surface area (Å²) in [6, 6.07) is 25.5. The van der Waals surface area contributed by atoms with Crippen LogP contribution in [0.2, 0.25) is 0 Å². The molecule has 49 heavy (non-hydrogen) atoms. The van der Waals surface area contributed by atoms with E-state index in [4.69, 9.17) is 6.92 Å². The molecule has 0 saturated carbocycles. The SMILES string of the molecule is [CH]CN1/C(=C/C=C2\CCCC(/C=C/C3=[N+](CCS(=O)(=O)O)c4ccc5ccccc5c4C3(C)C)=C2C)C(C)(C)c2c1ccc1ccccc21. The van der Waals surface area contributed by atoms with E-state index in [9.17, 15) is 13.0 Å². The lowest BCUT2D eigenvalue weighted by Gasteiger charge is -2.26. The number of nitrogens with zero attached hydrogens (tertiary/aromatic N) is 2. The molecule has 5 nitrogen and oxygen atoms in total. The summed E-state index contributed by atoms with van der Waals surface area (Å²) >= 11 is 0. The largest absolute Gasteiger partial charge is 0.344 e. The number of anilines is 1. The summed E-state index contributed by atoms with van der Waals surface area (Å²) in [6.45, 7) is 18.2. The Morgan fingerprint density at radius 2 is 1.49 bits per heavy atom. The average Bonchev–Trinajstić information content (AvgIpc) is 3.44. The van der Waals surface area contributed by atoms with Crippen molar-refractivity contribution in [2.75, 3.05) is 23.7 Å². The number of hydrogen-bond donors (Lipinski definition) is 1. The van der Waals surface area contributed by atoms with E-state index in [0.717, 1.165) is 41.4 Å². The quantitative estimate of drug-likeness (QED) is 0.157. The Balaban J connectivity index is 1.27. The van der Waals surface area contributed by atoms with E-state index in [2.05, 4.69) is 135 Å². The van der Waals surface area contributed by atoms with Crippen molar-refractivity contribution in [3.8, 4) is 0 Å². The molecule has 2 heterocycles. The number of hydrogen-bond acceptors (Lipinski definition) is 3. The van der Waals surface area contributed by atoms with E-state index < -0.39 is 10.1 Å². The maximum Gasteiger partial charge on any atom is 0.271 e. The van der Waals surface area contributed by atoms with Crippen molar-refractivity contribution in [1.29, 1.82) is 0 Å². The summed E-state index contributed by atoms with van der Waals surface area (Å²) in [6.07, 6.45) is 12.0. The molecule has 1 N–H and O–H groups in total. The molecule has 250 valence electrons. The monoisotopic (exact) mass is 669 g/mol. The van der Waals surface area contributed by atoms with Crippen LogP contribution in [0.25, 0.3) is 21.5 Å². The van der Waals surface area contributed by atoms with E-state index in [-0.39, 0.29) is 23.1 Å². The van der Waals surface area contributed by atoms with Crippen LogP contribution in [0.1, 0.15) is 65.0 Å². The molecule has 0 saturated heterocycles. The minimum Gasteiger partial charge on any atom is -0.344 e. The first kappa shape index (κ1) is 33.2. The maximum atomic E-state index is 11.9. The van der Waals surface area contributed by atoms with Gasteiger partial charge < -0.3 is 4.90 Å². The van der Waals surface area contributed by atoms with Crippen molar-refractivity contribution in [1.82, 2.24) is 0 Å². The van der Waals surface area contributed by atoms with Crippen molar-refractivity contribution >= 4 is 48.7 Å². The van der Waals surface area contributed by atoms with Crippen LogP contribution >= 0.6 is 0 Å². The molecule has 0 bridgehead atoms. The Bertz CT molecular complexity index is 2280. The summed E-state index contributed by atoms with van der Waals surface area (Å²) in [7, 11) is -4.14. The van der Waals surface area contributed by atoms with E-state index in [1.54, 1.807) is 0 Å². The van der Waals surface area contributed by atoms with Gasteiger partial charge in [0.1, 0.15) is 5.75 Å². The molecular formula is C43H45N2O3S+. The van der Waals surface area contributed by atoms with Crippen molar-refractivity contribution in [3.63, 3.8) is 0 Å². The van der Waals surface area contributed by atoms with Crippen molar-refractivity contribution < 1.29 is 17.5 Å². The lowest BCUT2D eigenvalue weighted by Crippen LogP contribution is -2.29. The molecule has 2 radical (unpaired) electrons. The lowest BCUT2D eigenvalue weighted by molar-refractivity contribution is -0.432. The average molecular weight is 670 g/mol. The van der Waals surface area contributed by atoms with Crippen molar-refractivity contribution in [3.05, 3.63) is 138 Å². The molecule has 4 aromatic rings. The smallest absolute Gasteiger partial charge is 0.271 e. The topological polar surface area (TPSA) is 60.6 Å². The van der Waals surface area contributed by atoms with Gasteiger partial charge in [0.2, 0.25) is 5.69 Å². The normalized spacial score (nSPS) is 20.4. The number of fused-ring (bicyclic) bond motifs is 6. The van der Waals surface area contributed by atoms with Crippen LogP contribution in [0.4, 0.5) is 11.4 Å². The first-order valence-electron chi connectivity index (χ1n) is 17.2. The van der Waals surface area contributed by atoms with Gasteiger partial charge in [-0.05, 0) is 109 Å². The minimum absolute atomic E-state index is 0.176. The summed E-state index contributed by atoms with van der Waals surface area (Å²) in [5.74, 6) is -0.341. The molecule has 0 amide bonds. The van der Waals surface area contributed by atoms with E-state index in [1.165, 1.54) is 50.0 Å². The number of benzene rings is 4. The molecule has 0 fully saturated rings. The Hall–Kier alpha value is -4.26. The number of allylic oxidation sites excluding steroid dienone is 8. The fourth-order valence-corrected chi connectivity index (χ4v) is 8.95. The van der Waals surface area contributed by atoms with Gasteiger partial charge in [-0.3, -0.25) is 4.55 Å². The van der Waals surface area contributed by atoms with Crippen molar-refractivity contribution in [2.24, 2.45) is 0 Å². The molecule has 7 rings (SSSR count). The molecule has 2 aliphatic heterocycles. The summed E-state index contributed by atoms with van der Waals surface area (Å²) in [5, 5.41) is 4.82. The van der Waals surface area contributed by atoms with Crippen LogP contribution in [0.3, 0.4) is 0 Å². The van der Waals surface area contributed by atoms with Crippen LogP contribution in [0.5, 0.6) is 0 Å².